The van der Waals surface area contributed by atoms with Crippen molar-refractivity contribution >= 4 is 71.5 Å². The highest BCUT2D eigenvalue weighted by atomic mass is 16.6. The molecule has 0 heterocycles. The Labute approximate surface area is 383 Å². The first-order chi connectivity index (χ1) is 31.8. The average Bonchev–Trinajstić information content (AvgIpc) is 3.28. The van der Waals surface area contributed by atoms with Crippen molar-refractivity contribution in [2.45, 2.75) is 41.5 Å². The fourth-order valence-corrected chi connectivity index (χ4v) is 6.08. The minimum Gasteiger partial charge on any atom is -0.480 e. The number of anilines is 2. The summed E-state index contributed by atoms with van der Waals surface area (Å²) in [5, 5.41) is 20.4. The lowest BCUT2D eigenvalue weighted by atomic mass is 9.97. The van der Waals surface area contributed by atoms with Gasteiger partial charge in [0.15, 0.2) is 13.2 Å². The Kier molecular flexibility index (Phi) is 22.3. The highest BCUT2D eigenvalue weighted by Gasteiger charge is 2.23. The zero-order valence-corrected chi connectivity index (χ0v) is 37.9. The fourth-order valence-electron chi connectivity index (χ4n) is 6.08. The predicted molar refractivity (Wildman–Crippen MR) is 242 cm³/mol. The Bertz CT molecular complexity index is 2130. The van der Waals surface area contributed by atoms with Crippen LogP contribution in [0, 0.1) is 22.7 Å². The normalized spacial score (nSPS) is 10.6. The number of nitrogens with zero attached hydrogens (tertiary/aromatic N) is 4. The van der Waals surface area contributed by atoms with Gasteiger partial charge in [-0.15, -0.1) is 0 Å². The van der Waals surface area contributed by atoms with E-state index in [1.165, 1.54) is 9.80 Å². The van der Waals surface area contributed by atoms with Gasteiger partial charge >= 0.3 is 35.8 Å². The smallest absolute Gasteiger partial charge is 0.344 e. The Morgan fingerprint density at radius 3 is 1.05 bits per heavy atom. The third-order valence-corrected chi connectivity index (χ3v) is 8.83. The monoisotopic (exact) mass is 910 g/mol. The van der Waals surface area contributed by atoms with Crippen LogP contribution >= 0.6 is 0 Å². The van der Waals surface area contributed by atoms with Crippen molar-refractivity contribution < 1.29 is 66.7 Å². The number of esters is 6. The van der Waals surface area contributed by atoms with Crippen LogP contribution in [0.1, 0.15) is 74.9 Å². The molecule has 18 nitrogen and oxygen atoms in total. The summed E-state index contributed by atoms with van der Waals surface area (Å²) < 4.78 is 42.2. The number of ether oxygens (including phenoxy) is 8. The molecule has 0 N–H and O–H groups in total. The molecule has 0 aliphatic rings. The second kappa shape index (κ2) is 28.0. The highest BCUT2D eigenvalue weighted by molar-refractivity contribution is 5.86. The SMILES string of the molecule is CCOC(=O)COc1cc(/C=C/c2cc(C#N)c(/C=C/c3ccc(N(CC(=O)OCC)CC(=O)OCC)c(OCC(=O)OCC)c3)cc2C#N)ccc1N(CC(=O)OCC)CC(=O)OCC. The number of benzene rings is 3. The van der Waals surface area contributed by atoms with Crippen molar-refractivity contribution in [3.63, 3.8) is 0 Å². The van der Waals surface area contributed by atoms with Crippen LogP contribution in [0.2, 0.25) is 0 Å². The molecule has 0 aliphatic heterocycles. The molecule has 3 aromatic rings. The van der Waals surface area contributed by atoms with Crippen LogP contribution in [0.4, 0.5) is 11.4 Å². The van der Waals surface area contributed by atoms with E-state index in [1.54, 1.807) is 114 Å². The maximum absolute atomic E-state index is 12.6. The van der Waals surface area contributed by atoms with Crippen LogP contribution < -0.4 is 19.3 Å². The summed E-state index contributed by atoms with van der Waals surface area (Å²) >= 11 is 0. The van der Waals surface area contributed by atoms with Crippen molar-refractivity contribution in [1.82, 2.24) is 0 Å². The van der Waals surface area contributed by atoms with Gasteiger partial charge in [-0.25, -0.2) is 9.59 Å². The summed E-state index contributed by atoms with van der Waals surface area (Å²) in [5.41, 5.74) is 2.88. The number of hydrogen-bond acceptors (Lipinski definition) is 18. The molecule has 0 bridgehead atoms. The fraction of sp³-hybridized carbons (Fsp3) is 0.375. The van der Waals surface area contributed by atoms with E-state index in [-0.39, 0.29) is 99.8 Å². The van der Waals surface area contributed by atoms with Gasteiger partial charge in [-0.3, -0.25) is 19.2 Å². The predicted octanol–water partition coefficient (Wildman–Crippen LogP) is 5.52. The Morgan fingerprint density at radius 1 is 0.455 bits per heavy atom. The second-order valence-corrected chi connectivity index (χ2v) is 13.5. The summed E-state index contributed by atoms with van der Waals surface area (Å²) in [7, 11) is 0. The van der Waals surface area contributed by atoms with E-state index in [2.05, 4.69) is 12.1 Å². The Hall–Kier alpha value is -7.86. The first kappa shape index (κ1) is 52.5. The molecule has 0 aromatic heterocycles. The van der Waals surface area contributed by atoms with Gasteiger partial charge in [-0.05, 0) is 100 Å². The lowest BCUT2D eigenvalue weighted by Crippen LogP contribution is -2.36. The average molecular weight is 911 g/mol. The quantitative estimate of drug-likeness (QED) is 0.0548. The Balaban J connectivity index is 2.05. The first-order valence-electron chi connectivity index (χ1n) is 21.1. The lowest BCUT2D eigenvalue weighted by Gasteiger charge is -2.25. The van der Waals surface area contributed by atoms with E-state index in [0.29, 0.717) is 22.3 Å². The van der Waals surface area contributed by atoms with E-state index in [0.717, 1.165) is 0 Å². The van der Waals surface area contributed by atoms with Gasteiger partial charge in [0, 0.05) is 0 Å². The van der Waals surface area contributed by atoms with Gasteiger partial charge in [-0.1, -0.05) is 36.4 Å². The van der Waals surface area contributed by atoms with Gasteiger partial charge < -0.3 is 47.7 Å². The van der Waals surface area contributed by atoms with Crippen LogP contribution in [0.25, 0.3) is 24.3 Å². The minimum atomic E-state index is -0.646. The molecule has 0 atom stereocenters. The molecule has 350 valence electrons. The van der Waals surface area contributed by atoms with E-state index >= 15 is 0 Å². The first-order valence-corrected chi connectivity index (χ1v) is 21.1. The number of carbonyl (C=O) groups is 6. The van der Waals surface area contributed by atoms with Crippen LogP contribution in [-0.2, 0) is 57.2 Å². The zero-order valence-electron chi connectivity index (χ0n) is 37.9. The van der Waals surface area contributed by atoms with Crippen LogP contribution in [0.5, 0.6) is 11.5 Å². The molecule has 0 fully saturated rings. The molecular formula is C48H54N4O14. The van der Waals surface area contributed by atoms with Gasteiger partial charge in [0.25, 0.3) is 0 Å². The maximum atomic E-state index is 12.6. The summed E-state index contributed by atoms with van der Waals surface area (Å²) in [6.45, 7) is 8.32. The molecule has 0 amide bonds. The molecule has 3 rings (SSSR count). The van der Waals surface area contributed by atoms with Gasteiger partial charge in [0.05, 0.1) is 74.3 Å². The van der Waals surface area contributed by atoms with Crippen LogP contribution in [0.3, 0.4) is 0 Å². The molecule has 0 spiro atoms. The molecule has 0 radical (unpaired) electrons. The minimum absolute atomic E-state index is 0.113. The van der Waals surface area contributed by atoms with Crippen LogP contribution in [-0.4, -0.2) is 115 Å². The standard InChI is InChI=1S/C48H54N4O14/c1-7-59-43(53)27-51(28-44(54)60-8-2)39-19-15-33(21-41(39)65-31-47(57)63-11-5)13-17-35-23-38(26-50)36(24-37(35)25-49)18-14-34-16-20-40(42(22-34)66-32-48(58)64-12-6)52(29-45(55)61-9-3)30-46(56)62-10-4/h13-24H,7-12,27-32H2,1-6H3/b17-13+,18-14+. The molecule has 0 saturated carbocycles. The largest absolute Gasteiger partial charge is 0.480 e. The van der Waals surface area contributed by atoms with Crippen molar-refractivity contribution in [1.29, 1.82) is 10.5 Å². The number of hydrogen-bond donors (Lipinski definition) is 0. The molecular weight excluding hydrogens is 857 g/mol. The van der Waals surface area contributed by atoms with Crippen molar-refractivity contribution in [3.8, 4) is 23.6 Å². The number of carbonyl (C=O) groups excluding carboxylic acids is 6. The molecule has 0 unspecified atom stereocenters. The highest BCUT2D eigenvalue weighted by Crippen LogP contribution is 2.33. The summed E-state index contributed by atoms with van der Waals surface area (Å²) in [5.74, 6) is -3.47. The summed E-state index contributed by atoms with van der Waals surface area (Å²) in [6.07, 6.45) is 6.55. The Morgan fingerprint density at radius 2 is 0.758 bits per heavy atom. The van der Waals surface area contributed by atoms with Gasteiger partial charge in [0.1, 0.15) is 37.7 Å². The molecule has 0 aliphatic carbocycles. The number of rotatable bonds is 26. The third kappa shape index (κ3) is 17.0. The molecule has 0 saturated heterocycles. The van der Waals surface area contributed by atoms with Gasteiger partial charge in [-0.2, -0.15) is 10.5 Å². The lowest BCUT2D eigenvalue weighted by molar-refractivity contribution is -0.146. The maximum Gasteiger partial charge on any atom is 0.344 e. The third-order valence-electron chi connectivity index (χ3n) is 8.83. The zero-order chi connectivity index (χ0) is 48.4. The van der Waals surface area contributed by atoms with E-state index in [1.807, 2.05) is 0 Å². The second-order valence-electron chi connectivity index (χ2n) is 13.5. The molecule has 66 heavy (non-hydrogen) atoms. The van der Waals surface area contributed by atoms with Crippen molar-refractivity contribution in [3.05, 3.63) is 81.9 Å². The van der Waals surface area contributed by atoms with Gasteiger partial charge in [0.2, 0.25) is 0 Å². The van der Waals surface area contributed by atoms with E-state index in [4.69, 9.17) is 37.9 Å². The summed E-state index contributed by atoms with van der Waals surface area (Å²) in [4.78, 5) is 77.7. The van der Waals surface area contributed by atoms with Crippen LogP contribution in [0.15, 0.2) is 48.5 Å². The van der Waals surface area contributed by atoms with Crippen molar-refractivity contribution in [2.75, 3.05) is 88.8 Å². The topological polar surface area (TPSA) is 230 Å². The summed E-state index contributed by atoms with van der Waals surface area (Å²) in [6, 6.07) is 17.1. The molecule has 18 heteroatoms. The molecule has 3 aromatic carbocycles. The van der Waals surface area contributed by atoms with Crippen molar-refractivity contribution in [2.24, 2.45) is 0 Å². The van der Waals surface area contributed by atoms with E-state index in [9.17, 15) is 39.3 Å². The number of nitriles is 2. The van der Waals surface area contributed by atoms with E-state index < -0.39 is 49.0 Å².